The second kappa shape index (κ2) is 7.01. The van der Waals surface area contributed by atoms with Crippen molar-refractivity contribution in [2.75, 3.05) is 13.1 Å². The lowest BCUT2D eigenvalue weighted by molar-refractivity contribution is 0.128. The van der Waals surface area contributed by atoms with E-state index >= 15 is 0 Å². The fourth-order valence-electron chi connectivity index (χ4n) is 2.82. The van der Waals surface area contributed by atoms with E-state index in [2.05, 4.69) is 41.2 Å². The van der Waals surface area contributed by atoms with Gasteiger partial charge in [0.2, 0.25) is 0 Å². The lowest BCUT2D eigenvalue weighted by Crippen LogP contribution is -2.47. The van der Waals surface area contributed by atoms with Gasteiger partial charge in [0.05, 0.1) is 0 Å². The molecular weight excluding hydrogens is 234 g/mol. The number of nitrogens with one attached hydrogen (secondary N) is 1. The zero-order valence-corrected chi connectivity index (χ0v) is 12.5. The molecule has 1 aliphatic heterocycles. The van der Waals surface area contributed by atoms with E-state index in [1.165, 1.54) is 31.4 Å². The Morgan fingerprint density at radius 1 is 1.42 bits per heavy atom. The molecule has 0 aliphatic carbocycles. The highest BCUT2D eigenvalue weighted by molar-refractivity contribution is 5.13. The molecule has 1 aromatic heterocycles. The Hall–Kier alpha value is -0.930. The average molecular weight is 261 g/mol. The van der Waals surface area contributed by atoms with E-state index in [0.29, 0.717) is 12.1 Å². The van der Waals surface area contributed by atoms with E-state index in [9.17, 15) is 0 Å². The molecule has 0 saturated carbocycles. The highest BCUT2D eigenvalue weighted by atomic mass is 15.2. The van der Waals surface area contributed by atoms with Crippen LogP contribution in [0.2, 0.25) is 0 Å². The van der Waals surface area contributed by atoms with Crippen molar-refractivity contribution in [3.63, 3.8) is 0 Å². The highest BCUT2D eigenvalue weighted by Crippen LogP contribution is 2.19. The van der Waals surface area contributed by atoms with Gasteiger partial charge in [-0.3, -0.25) is 9.88 Å². The Bertz CT molecular complexity index is 374. The predicted molar refractivity (Wildman–Crippen MR) is 80.2 cm³/mol. The standard InChI is InChI=1S/C16H27N3/c1-4-8-17-16-7-9-19(14(3)10-16)12-15-6-5-13(2)18-11-15/h5-6,11,14,16-17H,4,7-10,12H2,1-3H3. The Morgan fingerprint density at radius 3 is 2.89 bits per heavy atom. The SMILES string of the molecule is CCCNC1CCN(Cc2ccc(C)nc2)C(C)C1. The van der Waals surface area contributed by atoms with Crippen LogP contribution in [-0.4, -0.2) is 35.1 Å². The zero-order chi connectivity index (χ0) is 13.7. The van der Waals surface area contributed by atoms with Crippen molar-refractivity contribution >= 4 is 0 Å². The number of likely N-dealkylation sites (tertiary alicyclic amines) is 1. The molecule has 0 radical (unpaired) electrons. The van der Waals surface area contributed by atoms with Gasteiger partial charge < -0.3 is 5.32 Å². The second-order valence-corrected chi connectivity index (χ2v) is 5.80. The second-order valence-electron chi connectivity index (χ2n) is 5.80. The molecule has 1 saturated heterocycles. The number of hydrogen-bond donors (Lipinski definition) is 1. The molecule has 1 N–H and O–H groups in total. The van der Waals surface area contributed by atoms with Crippen LogP contribution in [0.3, 0.4) is 0 Å². The minimum atomic E-state index is 0.657. The van der Waals surface area contributed by atoms with Crippen LogP contribution >= 0.6 is 0 Å². The van der Waals surface area contributed by atoms with Gasteiger partial charge in [-0.05, 0) is 51.3 Å². The van der Waals surface area contributed by atoms with Crippen LogP contribution in [-0.2, 0) is 6.54 Å². The quantitative estimate of drug-likeness (QED) is 0.883. The van der Waals surface area contributed by atoms with E-state index in [-0.39, 0.29) is 0 Å². The van der Waals surface area contributed by atoms with Crippen molar-refractivity contribution in [2.24, 2.45) is 0 Å². The van der Waals surface area contributed by atoms with Crippen LogP contribution in [0.1, 0.15) is 44.4 Å². The molecule has 0 bridgehead atoms. The smallest absolute Gasteiger partial charge is 0.0372 e. The van der Waals surface area contributed by atoms with E-state index in [4.69, 9.17) is 0 Å². The van der Waals surface area contributed by atoms with Gasteiger partial charge in [0, 0.05) is 37.1 Å². The highest BCUT2D eigenvalue weighted by Gasteiger charge is 2.24. The van der Waals surface area contributed by atoms with Crippen LogP contribution in [0.25, 0.3) is 0 Å². The fourth-order valence-corrected chi connectivity index (χ4v) is 2.82. The first kappa shape index (κ1) is 14.5. The molecule has 1 aromatic rings. The molecule has 19 heavy (non-hydrogen) atoms. The maximum atomic E-state index is 4.39. The minimum absolute atomic E-state index is 0.657. The van der Waals surface area contributed by atoms with Crippen molar-refractivity contribution in [3.8, 4) is 0 Å². The van der Waals surface area contributed by atoms with Crippen molar-refractivity contribution in [2.45, 2.75) is 58.7 Å². The first-order chi connectivity index (χ1) is 9.19. The number of piperidine rings is 1. The van der Waals surface area contributed by atoms with Crippen LogP contribution in [0, 0.1) is 6.92 Å². The molecule has 0 amide bonds. The number of aryl methyl sites for hydroxylation is 1. The number of hydrogen-bond acceptors (Lipinski definition) is 3. The van der Waals surface area contributed by atoms with Crippen LogP contribution in [0.5, 0.6) is 0 Å². The Morgan fingerprint density at radius 2 is 2.26 bits per heavy atom. The van der Waals surface area contributed by atoms with Crippen molar-refractivity contribution in [1.29, 1.82) is 0 Å². The summed E-state index contributed by atoms with van der Waals surface area (Å²) in [7, 11) is 0. The molecule has 2 heterocycles. The third kappa shape index (κ3) is 4.29. The molecule has 3 nitrogen and oxygen atoms in total. The summed E-state index contributed by atoms with van der Waals surface area (Å²) in [5.74, 6) is 0. The molecule has 2 rings (SSSR count). The number of nitrogens with zero attached hydrogens (tertiary/aromatic N) is 2. The predicted octanol–water partition coefficient (Wildman–Crippen LogP) is 2.74. The molecule has 2 atom stereocenters. The van der Waals surface area contributed by atoms with Crippen LogP contribution < -0.4 is 5.32 Å². The molecule has 1 fully saturated rings. The number of aromatic nitrogens is 1. The summed E-state index contributed by atoms with van der Waals surface area (Å²) in [5.41, 5.74) is 2.43. The molecule has 1 aliphatic rings. The molecule has 106 valence electrons. The van der Waals surface area contributed by atoms with Crippen molar-refractivity contribution < 1.29 is 0 Å². The molecule has 0 spiro atoms. The van der Waals surface area contributed by atoms with E-state index < -0.39 is 0 Å². The molecule has 2 unspecified atom stereocenters. The largest absolute Gasteiger partial charge is 0.314 e. The summed E-state index contributed by atoms with van der Waals surface area (Å²) in [5, 5.41) is 3.65. The summed E-state index contributed by atoms with van der Waals surface area (Å²) >= 11 is 0. The van der Waals surface area contributed by atoms with Gasteiger partial charge in [0.15, 0.2) is 0 Å². The lowest BCUT2D eigenvalue weighted by atomic mass is 9.97. The maximum absolute atomic E-state index is 4.39. The maximum Gasteiger partial charge on any atom is 0.0372 e. The topological polar surface area (TPSA) is 28.2 Å². The third-order valence-electron chi connectivity index (χ3n) is 4.06. The zero-order valence-electron chi connectivity index (χ0n) is 12.5. The van der Waals surface area contributed by atoms with Gasteiger partial charge in [-0.15, -0.1) is 0 Å². The van der Waals surface area contributed by atoms with Crippen molar-refractivity contribution in [3.05, 3.63) is 29.6 Å². The van der Waals surface area contributed by atoms with Gasteiger partial charge in [0.25, 0.3) is 0 Å². The summed E-state index contributed by atoms with van der Waals surface area (Å²) < 4.78 is 0. The molecule has 3 heteroatoms. The minimum Gasteiger partial charge on any atom is -0.314 e. The Kier molecular flexibility index (Phi) is 5.34. The van der Waals surface area contributed by atoms with E-state index in [0.717, 1.165) is 18.8 Å². The number of pyridine rings is 1. The average Bonchev–Trinajstić information content (AvgIpc) is 2.41. The van der Waals surface area contributed by atoms with Gasteiger partial charge in [0.1, 0.15) is 0 Å². The van der Waals surface area contributed by atoms with Crippen LogP contribution in [0.15, 0.2) is 18.3 Å². The summed E-state index contributed by atoms with van der Waals surface area (Å²) in [6.07, 6.45) is 5.77. The van der Waals surface area contributed by atoms with Gasteiger partial charge in [-0.25, -0.2) is 0 Å². The first-order valence-electron chi connectivity index (χ1n) is 7.58. The lowest BCUT2D eigenvalue weighted by Gasteiger charge is -2.38. The molecular formula is C16H27N3. The normalized spacial score (nSPS) is 24.6. The van der Waals surface area contributed by atoms with E-state index in [1.54, 1.807) is 0 Å². The number of rotatable bonds is 5. The Labute approximate surface area is 117 Å². The Balaban J connectivity index is 1.84. The monoisotopic (exact) mass is 261 g/mol. The summed E-state index contributed by atoms with van der Waals surface area (Å²) in [6, 6.07) is 5.68. The molecule has 0 aromatic carbocycles. The van der Waals surface area contributed by atoms with Crippen LogP contribution in [0.4, 0.5) is 0 Å². The van der Waals surface area contributed by atoms with Gasteiger partial charge >= 0.3 is 0 Å². The van der Waals surface area contributed by atoms with Gasteiger partial charge in [-0.2, -0.15) is 0 Å². The van der Waals surface area contributed by atoms with E-state index in [1.807, 2.05) is 13.1 Å². The third-order valence-corrected chi connectivity index (χ3v) is 4.06. The fraction of sp³-hybridized carbons (Fsp3) is 0.688. The summed E-state index contributed by atoms with van der Waals surface area (Å²) in [6.45, 7) is 10.00. The summed E-state index contributed by atoms with van der Waals surface area (Å²) in [4.78, 5) is 6.97. The first-order valence-corrected chi connectivity index (χ1v) is 7.58. The van der Waals surface area contributed by atoms with Gasteiger partial charge in [-0.1, -0.05) is 13.0 Å². The van der Waals surface area contributed by atoms with Crippen molar-refractivity contribution in [1.82, 2.24) is 15.2 Å².